The van der Waals surface area contributed by atoms with Crippen LogP contribution < -0.4 is 0 Å². The standard InChI is InChI=1S/C14H20B4O/c1-4-14(15,10-13(2,3)18(16)17)9-11-5-7-12(19)8-6-11/h5-8,19H,4,9-10H2,1-3H3. The third kappa shape index (κ3) is 4.71. The van der Waals surface area contributed by atoms with Crippen LogP contribution in [0.3, 0.4) is 0 Å². The molecule has 0 aliphatic heterocycles. The molecular weight excluding hydrogens is 227 g/mol. The highest BCUT2D eigenvalue weighted by atomic mass is 16.3. The Balaban J connectivity index is 2.83. The van der Waals surface area contributed by atoms with Gasteiger partial charge in [-0.2, -0.15) is 0 Å². The van der Waals surface area contributed by atoms with E-state index in [0.717, 1.165) is 24.8 Å². The number of hydrogen-bond acceptors (Lipinski definition) is 1. The Hall–Kier alpha value is -0.720. The quantitative estimate of drug-likeness (QED) is 0.767. The van der Waals surface area contributed by atoms with E-state index in [-0.39, 0.29) is 22.9 Å². The Bertz CT molecular complexity index is 402. The van der Waals surface area contributed by atoms with E-state index in [1.807, 2.05) is 26.0 Å². The maximum atomic E-state index is 9.31. The van der Waals surface area contributed by atoms with Crippen molar-refractivity contribution < 1.29 is 5.11 Å². The van der Waals surface area contributed by atoms with Crippen LogP contribution in [0, 0.1) is 0 Å². The summed E-state index contributed by atoms with van der Waals surface area (Å²) < 4.78 is 0. The minimum Gasteiger partial charge on any atom is -0.508 e. The van der Waals surface area contributed by atoms with Gasteiger partial charge in [0.15, 0.2) is 0 Å². The lowest BCUT2D eigenvalue weighted by Gasteiger charge is -2.40. The Kier molecular flexibility index (Phi) is 5.29. The molecule has 19 heavy (non-hydrogen) atoms. The van der Waals surface area contributed by atoms with E-state index in [2.05, 4.69) is 6.92 Å². The van der Waals surface area contributed by atoms with Crippen molar-refractivity contribution in [2.75, 3.05) is 0 Å². The van der Waals surface area contributed by atoms with Crippen LogP contribution in [-0.4, -0.2) is 34.9 Å². The van der Waals surface area contributed by atoms with Gasteiger partial charge in [0.1, 0.15) is 5.75 Å². The van der Waals surface area contributed by atoms with E-state index in [1.54, 1.807) is 12.1 Å². The molecule has 0 heterocycles. The van der Waals surface area contributed by atoms with E-state index in [4.69, 9.17) is 23.3 Å². The Morgan fingerprint density at radius 1 is 1.16 bits per heavy atom. The predicted octanol–water partition coefficient (Wildman–Crippen LogP) is 2.67. The minimum atomic E-state index is -0.387. The minimum absolute atomic E-state index is 0.207. The maximum absolute atomic E-state index is 9.31. The maximum Gasteiger partial charge on any atom is 0.115 e. The molecule has 0 amide bonds. The van der Waals surface area contributed by atoms with Gasteiger partial charge >= 0.3 is 0 Å². The molecule has 1 aromatic rings. The lowest BCUT2D eigenvalue weighted by atomic mass is 9.09. The highest BCUT2D eigenvalue weighted by Gasteiger charge is 2.33. The number of phenolic OH excluding ortho intramolecular Hbond substituents is 1. The molecule has 0 aliphatic carbocycles. The largest absolute Gasteiger partial charge is 0.508 e. The van der Waals surface area contributed by atoms with Gasteiger partial charge in [-0.1, -0.05) is 56.4 Å². The van der Waals surface area contributed by atoms with Crippen LogP contribution >= 0.6 is 0 Å². The average Bonchev–Trinajstić information content (AvgIpc) is 2.31. The summed E-state index contributed by atoms with van der Waals surface area (Å²) in [5, 5.41) is 8.76. The molecule has 6 radical (unpaired) electrons. The fourth-order valence-corrected chi connectivity index (χ4v) is 2.36. The smallest absolute Gasteiger partial charge is 0.115 e. The van der Waals surface area contributed by atoms with Gasteiger partial charge in [0.2, 0.25) is 0 Å². The molecule has 0 saturated heterocycles. The molecule has 1 rings (SSSR count). The molecule has 1 unspecified atom stereocenters. The number of phenols is 1. The molecule has 1 atom stereocenters. The molecule has 0 aromatic heterocycles. The van der Waals surface area contributed by atoms with E-state index in [0.29, 0.717) is 0 Å². The number of aromatic hydroxyl groups is 1. The zero-order valence-electron chi connectivity index (χ0n) is 12.2. The summed E-state index contributed by atoms with van der Waals surface area (Å²) in [5.74, 6) is 0.271. The molecular formula is C14H20B4O. The molecule has 0 saturated carbocycles. The van der Waals surface area contributed by atoms with E-state index in [1.165, 1.54) is 0 Å². The van der Waals surface area contributed by atoms with Crippen molar-refractivity contribution in [3.8, 4) is 5.75 Å². The molecule has 1 nitrogen and oxygen atoms in total. The van der Waals surface area contributed by atoms with Gasteiger partial charge < -0.3 is 5.11 Å². The van der Waals surface area contributed by atoms with E-state index >= 15 is 0 Å². The van der Waals surface area contributed by atoms with E-state index < -0.39 is 0 Å². The summed E-state index contributed by atoms with van der Waals surface area (Å²) in [7, 11) is 18.2. The van der Waals surface area contributed by atoms with Crippen molar-refractivity contribution in [1.29, 1.82) is 0 Å². The van der Waals surface area contributed by atoms with Crippen LogP contribution in [0.4, 0.5) is 0 Å². The van der Waals surface area contributed by atoms with Crippen molar-refractivity contribution in [1.82, 2.24) is 0 Å². The lowest BCUT2D eigenvalue weighted by Crippen LogP contribution is -2.34. The summed E-state index contributed by atoms with van der Waals surface area (Å²) in [6.45, 7) is 5.79. The van der Waals surface area contributed by atoms with Crippen molar-refractivity contribution in [2.24, 2.45) is 0 Å². The molecule has 1 aromatic carbocycles. The van der Waals surface area contributed by atoms with Crippen molar-refractivity contribution >= 4 is 29.8 Å². The van der Waals surface area contributed by atoms with Crippen LogP contribution in [-0.2, 0) is 6.42 Å². The van der Waals surface area contributed by atoms with Crippen LogP contribution in [0.2, 0.25) is 10.6 Å². The monoisotopic (exact) mass is 248 g/mol. The third-order valence-electron chi connectivity index (χ3n) is 3.91. The molecule has 5 heteroatoms. The first-order valence-electron chi connectivity index (χ1n) is 6.76. The van der Waals surface area contributed by atoms with Crippen LogP contribution in [0.25, 0.3) is 0 Å². The van der Waals surface area contributed by atoms with Gasteiger partial charge in [-0.25, -0.2) is 0 Å². The molecule has 94 valence electrons. The highest BCUT2D eigenvalue weighted by molar-refractivity contribution is 7.30. The zero-order chi connectivity index (χ0) is 14.7. The molecule has 0 spiro atoms. The summed E-state index contributed by atoms with van der Waals surface area (Å²) >= 11 is 0. The molecule has 0 aliphatic rings. The first-order chi connectivity index (χ1) is 8.68. The Labute approximate surface area is 121 Å². The summed E-state index contributed by atoms with van der Waals surface area (Å²) in [6, 6.07) is 7.18. The van der Waals surface area contributed by atoms with E-state index in [9.17, 15) is 5.11 Å². The van der Waals surface area contributed by atoms with Crippen molar-refractivity contribution in [2.45, 2.75) is 50.7 Å². The van der Waals surface area contributed by atoms with Crippen molar-refractivity contribution in [3.05, 3.63) is 29.8 Å². The summed E-state index contributed by atoms with van der Waals surface area (Å²) in [4.78, 5) is 0. The van der Waals surface area contributed by atoms with Gasteiger partial charge in [0.05, 0.1) is 14.3 Å². The van der Waals surface area contributed by atoms with Gasteiger partial charge in [-0.15, -0.1) is 0 Å². The first kappa shape index (κ1) is 16.3. The third-order valence-corrected chi connectivity index (χ3v) is 3.91. The van der Waals surface area contributed by atoms with Crippen LogP contribution in [0.5, 0.6) is 5.75 Å². The normalized spacial score (nSPS) is 14.9. The van der Waals surface area contributed by atoms with Gasteiger partial charge in [0.25, 0.3) is 0 Å². The zero-order valence-corrected chi connectivity index (χ0v) is 12.2. The second-order valence-electron chi connectivity index (χ2n) is 6.25. The molecule has 0 fully saturated rings. The van der Waals surface area contributed by atoms with Crippen LogP contribution in [0.1, 0.15) is 39.2 Å². The second-order valence-corrected chi connectivity index (χ2v) is 6.25. The number of hydrogen-bond donors (Lipinski definition) is 1. The first-order valence-corrected chi connectivity index (χ1v) is 6.76. The highest BCUT2D eigenvalue weighted by Crippen LogP contribution is 2.47. The number of rotatable bonds is 6. The fraction of sp³-hybridized carbons (Fsp3) is 0.571. The van der Waals surface area contributed by atoms with Gasteiger partial charge in [-0.3, -0.25) is 0 Å². The number of benzene rings is 1. The second kappa shape index (κ2) is 6.15. The average molecular weight is 248 g/mol. The topological polar surface area (TPSA) is 20.2 Å². The fourth-order valence-electron chi connectivity index (χ4n) is 2.36. The molecule has 1 N–H and O–H groups in total. The lowest BCUT2D eigenvalue weighted by molar-refractivity contribution is 0.427. The molecule has 0 bridgehead atoms. The van der Waals surface area contributed by atoms with Gasteiger partial charge in [-0.05, 0) is 24.1 Å². The van der Waals surface area contributed by atoms with Gasteiger partial charge in [0, 0.05) is 15.5 Å². The predicted molar refractivity (Wildman–Crippen MR) is 86.5 cm³/mol. The Morgan fingerprint density at radius 2 is 1.68 bits per heavy atom. The summed E-state index contributed by atoms with van der Waals surface area (Å²) in [6.07, 6.45) is 2.36. The SMILES string of the molecule is [B]B([B])C(C)(C)CC([B])(CC)Cc1ccc(O)cc1. The van der Waals surface area contributed by atoms with Crippen LogP contribution in [0.15, 0.2) is 24.3 Å². The van der Waals surface area contributed by atoms with Crippen molar-refractivity contribution in [3.63, 3.8) is 0 Å². The Morgan fingerprint density at radius 3 is 2.11 bits per heavy atom. The summed E-state index contributed by atoms with van der Waals surface area (Å²) in [5.41, 5.74) is 1.11.